The molecule has 1 aliphatic heterocycles. The normalized spacial score (nSPS) is 19.8. The number of carbonyl (C=O) groups excluding carboxylic acids is 5. The minimum absolute atomic E-state index is 0.0207. The van der Waals surface area contributed by atoms with Crippen LogP contribution in [0.15, 0.2) is 59.1 Å². The molecule has 14 nitrogen and oxygen atoms in total. The summed E-state index contributed by atoms with van der Waals surface area (Å²) < 4.78 is 16.3. The van der Waals surface area contributed by atoms with Crippen molar-refractivity contribution in [2.45, 2.75) is 76.9 Å². The van der Waals surface area contributed by atoms with E-state index in [1.165, 1.54) is 13.2 Å². The predicted octanol–water partition coefficient (Wildman–Crippen LogP) is 2.66. The maximum absolute atomic E-state index is 13.9. The summed E-state index contributed by atoms with van der Waals surface area (Å²) in [6.07, 6.45) is 1.98. The quantitative estimate of drug-likeness (QED) is 0.231. The number of hydrogen-bond donors (Lipinski definition) is 5. The molecule has 0 saturated carbocycles. The number of aromatic nitrogens is 1. The Kier molecular flexibility index (Phi) is 15.3. The second-order valence-electron chi connectivity index (χ2n) is 12.9. The number of hydrogen-bond acceptors (Lipinski definition) is 9. The molecule has 52 heavy (non-hydrogen) atoms. The van der Waals surface area contributed by atoms with Gasteiger partial charge in [-0.25, -0.2) is 0 Å². The summed E-state index contributed by atoms with van der Waals surface area (Å²) in [6.45, 7) is 3.92. The summed E-state index contributed by atoms with van der Waals surface area (Å²) in [6, 6.07) is 13.1. The molecule has 3 aromatic rings. The van der Waals surface area contributed by atoms with Gasteiger partial charge in [0.25, 0.3) is 5.91 Å². The molecule has 15 heteroatoms. The first-order valence-corrected chi connectivity index (χ1v) is 17.8. The lowest BCUT2D eigenvalue weighted by Crippen LogP contribution is -2.58. The van der Waals surface area contributed by atoms with E-state index in [1.54, 1.807) is 12.1 Å². The maximum atomic E-state index is 13.9. The van der Waals surface area contributed by atoms with E-state index in [1.807, 2.05) is 50.2 Å². The van der Waals surface area contributed by atoms with E-state index in [2.05, 4.69) is 31.7 Å². The first-order chi connectivity index (χ1) is 25.0. The van der Waals surface area contributed by atoms with E-state index in [0.29, 0.717) is 43.1 Å². The Balaban J connectivity index is 1.56. The molecule has 0 fully saturated rings. The van der Waals surface area contributed by atoms with Crippen molar-refractivity contribution in [2.24, 2.45) is 5.92 Å². The minimum atomic E-state index is -1.07. The van der Waals surface area contributed by atoms with Gasteiger partial charge in [0.05, 0.1) is 7.11 Å². The molecule has 2 aromatic carbocycles. The predicted molar refractivity (Wildman–Crippen MR) is 193 cm³/mol. The summed E-state index contributed by atoms with van der Waals surface area (Å²) in [5, 5.41) is 17.9. The van der Waals surface area contributed by atoms with Crippen molar-refractivity contribution in [3.63, 3.8) is 0 Å². The van der Waals surface area contributed by atoms with Gasteiger partial charge in [-0.3, -0.25) is 24.0 Å². The van der Waals surface area contributed by atoms with Crippen molar-refractivity contribution in [1.82, 2.24) is 31.7 Å². The highest BCUT2D eigenvalue weighted by Gasteiger charge is 2.31. The van der Waals surface area contributed by atoms with Gasteiger partial charge in [0.1, 0.15) is 23.9 Å². The number of ether oxygens (including phenoxy) is 2. The smallest absolute Gasteiger partial charge is 0.257 e. The fourth-order valence-electron chi connectivity index (χ4n) is 5.63. The summed E-state index contributed by atoms with van der Waals surface area (Å²) in [4.78, 5) is 66.8. The molecule has 280 valence electrons. The van der Waals surface area contributed by atoms with Crippen molar-refractivity contribution in [3.8, 4) is 11.5 Å². The van der Waals surface area contributed by atoms with Crippen LogP contribution in [-0.2, 0) is 43.2 Å². The van der Waals surface area contributed by atoms with E-state index in [0.717, 1.165) is 11.1 Å². The highest BCUT2D eigenvalue weighted by atomic mass is 35.5. The standard InChI is InChI=1S/C37H47ClN6O8/c1-23(2)34-37(49)40-18-7-11-25-13-15-29(50-3)30(20-25)51-22-33(46)39-17-8-12-27(41-32(45)16-14-26-21-31(38)44-52-26)35(47)42-28(36(48)43-34)19-24-9-5-4-6-10-24/h4-6,9-10,13,15,20-21,23,27-28,34H,7-8,11-12,14,16-19,22H2,1-3H3,(H,39,46)(H,40,49)(H,41,45)(H,42,47)(H,43,48)/t27-,28-,34+/m0/s1. The van der Waals surface area contributed by atoms with Gasteiger partial charge < -0.3 is 40.6 Å². The third-order valence-electron chi connectivity index (χ3n) is 8.46. The van der Waals surface area contributed by atoms with Crippen molar-refractivity contribution in [1.29, 1.82) is 0 Å². The van der Waals surface area contributed by atoms with Crippen molar-refractivity contribution >= 4 is 41.1 Å². The molecule has 2 heterocycles. The van der Waals surface area contributed by atoms with Crippen LogP contribution in [0.1, 0.15) is 56.4 Å². The Morgan fingerprint density at radius 1 is 0.981 bits per heavy atom. The number of fused-ring (bicyclic) bond motifs is 2. The second kappa shape index (κ2) is 20.1. The number of nitrogens with one attached hydrogen (secondary N) is 5. The fraction of sp³-hybridized carbons (Fsp3) is 0.459. The van der Waals surface area contributed by atoms with Gasteiger partial charge in [-0.15, -0.1) is 0 Å². The number of methoxy groups -OCH3 is 1. The van der Waals surface area contributed by atoms with E-state index in [-0.39, 0.29) is 61.7 Å². The van der Waals surface area contributed by atoms with E-state index >= 15 is 0 Å². The van der Waals surface area contributed by atoms with Crippen LogP contribution in [0.4, 0.5) is 0 Å². The molecule has 0 aliphatic carbocycles. The van der Waals surface area contributed by atoms with Crippen LogP contribution in [-0.4, -0.2) is 79.6 Å². The first kappa shape index (κ1) is 39.7. The number of nitrogens with zero attached hydrogens (tertiary/aromatic N) is 1. The zero-order valence-corrected chi connectivity index (χ0v) is 30.4. The Hall–Kier alpha value is -5.11. The Labute approximate surface area is 308 Å². The van der Waals surface area contributed by atoms with Crippen molar-refractivity contribution < 1.29 is 38.0 Å². The number of halogens is 1. The van der Waals surface area contributed by atoms with Crippen LogP contribution in [0.3, 0.4) is 0 Å². The monoisotopic (exact) mass is 738 g/mol. The zero-order chi connectivity index (χ0) is 37.5. The summed E-state index contributed by atoms with van der Waals surface area (Å²) >= 11 is 5.83. The molecule has 0 saturated heterocycles. The largest absolute Gasteiger partial charge is 0.493 e. The van der Waals surface area contributed by atoms with Gasteiger partial charge in [-0.2, -0.15) is 0 Å². The molecule has 1 aromatic heterocycles. The molecule has 1 aliphatic rings. The van der Waals surface area contributed by atoms with Crippen molar-refractivity contribution in [2.75, 3.05) is 26.8 Å². The zero-order valence-electron chi connectivity index (χ0n) is 29.7. The van der Waals surface area contributed by atoms with Crippen LogP contribution in [0.25, 0.3) is 0 Å². The Bertz CT molecular complexity index is 1670. The van der Waals surface area contributed by atoms with Gasteiger partial charge in [0, 0.05) is 38.4 Å². The highest BCUT2D eigenvalue weighted by molar-refractivity contribution is 6.29. The van der Waals surface area contributed by atoms with E-state index < -0.39 is 35.8 Å². The molecule has 2 bridgehead atoms. The topological polar surface area (TPSA) is 190 Å². The molecule has 3 atom stereocenters. The molecular formula is C37H47ClN6O8. The maximum Gasteiger partial charge on any atom is 0.257 e. The highest BCUT2D eigenvalue weighted by Crippen LogP contribution is 2.28. The minimum Gasteiger partial charge on any atom is -0.493 e. The molecule has 5 amide bonds. The Morgan fingerprint density at radius 2 is 1.75 bits per heavy atom. The molecule has 4 rings (SSSR count). The third kappa shape index (κ3) is 12.6. The average Bonchev–Trinajstić information content (AvgIpc) is 3.55. The van der Waals surface area contributed by atoms with E-state index in [9.17, 15) is 24.0 Å². The Morgan fingerprint density at radius 3 is 2.46 bits per heavy atom. The molecule has 0 unspecified atom stereocenters. The molecular weight excluding hydrogens is 692 g/mol. The lowest BCUT2D eigenvalue weighted by molar-refractivity contribution is -0.134. The van der Waals surface area contributed by atoms with Gasteiger partial charge in [0.2, 0.25) is 23.6 Å². The van der Waals surface area contributed by atoms with Gasteiger partial charge >= 0.3 is 0 Å². The summed E-state index contributed by atoms with van der Waals surface area (Å²) in [7, 11) is 1.51. The lowest BCUT2D eigenvalue weighted by Gasteiger charge is -2.27. The average molecular weight is 739 g/mol. The lowest BCUT2D eigenvalue weighted by atomic mass is 10.00. The number of rotatable bonds is 8. The van der Waals surface area contributed by atoms with Crippen LogP contribution >= 0.6 is 11.6 Å². The third-order valence-corrected chi connectivity index (χ3v) is 8.64. The van der Waals surface area contributed by atoms with Crippen LogP contribution in [0, 0.1) is 5.92 Å². The van der Waals surface area contributed by atoms with Crippen LogP contribution < -0.4 is 36.1 Å². The SMILES string of the molecule is COc1ccc2cc1OCC(=O)NCCC[C@H](NC(=O)CCc1cc(Cl)no1)C(=O)N[C@@H](Cc1ccccc1)C(=O)N[C@H](C(C)C)C(=O)NCCC2. The van der Waals surface area contributed by atoms with Crippen LogP contribution in [0.2, 0.25) is 5.15 Å². The van der Waals surface area contributed by atoms with Crippen LogP contribution in [0.5, 0.6) is 11.5 Å². The summed E-state index contributed by atoms with van der Waals surface area (Å²) in [5.41, 5.74) is 1.71. The second-order valence-corrected chi connectivity index (χ2v) is 13.3. The number of amides is 5. The molecule has 0 spiro atoms. The number of aryl methyl sites for hydroxylation is 2. The molecule has 0 radical (unpaired) electrons. The van der Waals surface area contributed by atoms with Gasteiger partial charge in [0.15, 0.2) is 23.3 Å². The number of benzene rings is 2. The molecule has 5 N–H and O–H groups in total. The first-order valence-electron chi connectivity index (χ1n) is 17.4. The van der Waals surface area contributed by atoms with Gasteiger partial charge in [-0.1, -0.05) is 67.0 Å². The summed E-state index contributed by atoms with van der Waals surface area (Å²) in [5.74, 6) is -1.29. The van der Waals surface area contributed by atoms with E-state index in [4.69, 9.17) is 25.6 Å². The van der Waals surface area contributed by atoms with Crippen molar-refractivity contribution in [3.05, 3.63) is 76.6 Å². The number of carbonyl (C=O) groups is 5. The van der Waals surface area contributed by atoms with Gasteiger partial charge in [-0.05, 0) is 54.9 Å². The fourth-order valence-corrected chi connectivity index (χ4v) is 5.79.